The quantitative estimate of drug-likeness (QED) is 0.385. The molecule has 14 heavy (non-hydrogen) atoms. The van der Waals surface area contributed by atoms with Crippen LogP contribution < -0.4 is 0 Å². The Hall–Kier alpha value is -0.440. The Morgan fingerprint density at radius 2 is 1.50 bits per heavy atom. The first-order chi connectivity index (χ1) is 6.91. The fourth-order valence-electron chi connectivity index (χ4n) is 1.36. The maximum Gasteiger partial charge on any atom is 0.00886 e. The van der Waals surface area contributed by atoms with E-state index in [0.29, 0.717) is 0 Å². The van der Waals surface area contributed by atoms with Crippen molar-refractivity contribution in [3.63, 3.8) is 0 Å². The van der Waals surface area contributed by atoms with Crippen LogP contribution in [-0.2, 0) is 0 Å². The highest BCUT2D eigenvalue weighted by atomic mass is 13.9. The highest BCUT2D eigenvalue weighted by molar-refractivity contribution is 4.98. The van der Waals surface area contributed by atoms with Gasteiger partial charge in [-0.05, 0) is 19.3 Å². The third-order valence-electron chi connectivity index (χ3n) is 2.32. The summed E-state index contributed by atoms with van der Waals surface area (Å²) in [5.41, 5.74) is 0. The van der Waals surface area contributed by atoms with Gasteiger partial charge in [0.15, 0.2) is 0 Å². The summed E-state index contributed by atoms with van der Waals surface area (Å²) in [5, 5.41) is 0. The minimum Gasteiger partial charge on any atom is -0.103 e. The summed E-state index contributed by atoms with van der Waals surface area (Å²) < 4.78 is 0. The fourth-order valence-corrected chi connectivity index (χ4v) is 1.36. The molecule has 0 aliphatic carbocycles. The molecular formula is C14H25. The van der Waals surface area contributed by atoms with Crippen molar-refractivity contribution in [2.75, 3.05) is 0 Å². The first-order valence-corrected chi connectivity index (χ1v) is 6.15. The Labute approximate surface area is 90.5 Å². The summed E-state index contributed by atoms with van der Waals surface area (Å²) >= 11 is 0. The molecular weight excluding hydrogens is 168 g/mol. The van der Waals surface area contributed by atoms with Crippen LogP contribution in [-0.4, -0.2) is 0 Å². The fraction of sp³-hybridized carbons (Fsp3) is 0.786. The van der Waals surface area contributed by atoms with Crippen LogP contribution in [0.2, 0.25) is 0 Å². The number of hydrogen-bond acceptors (Lipinski definition) is 0. The van der Waals surface area contributed by atoms with Gasteiger partial charge in [0.25, 0.3) is 0 Å². The lowest BCUT2D eigenvalue weighted by Gasteiger charge is -1.96. The van der Waals surface area contributed by atoms with Crippen LogP contribution in [0.15, 0.2) is 0 Å². The molecule has 0 aromatic heterocycles. The zero-order valence-corrected chi connectivity index (χ0v) is 9.94. The van der Waals surface area contributed by atoms with Crippen molar-refractivity contribution in [2.45, 2.75) is 71.6 Å². The van der Waals surface area contributed by atoms with Gasteiger partial charge >= 0.3 is 0 Å². The van der Waals surface area contributed by atoms with Crippen molar-refractivity contribution in [3.05, 3.63) is 6.42 Å². The third kappa shape index (κ3) is 11.6. The number of rotatable bonds is 8. The number of unbranched alkanes of at least 4 members (excludes halogenated alkanes) is 8. The number of hydrogen-bond donors (Lipinski definition) is 0. The summed E-state index contributed by atoms with van der Waals surface area (Å²) in [6.07, 6.45) is 13.7. The Bertz CT molecular complexity index is 147. The zero-order chi connectivity index (χ0) is 10.5. The molecule has 0 heterocycles. The highest BCUT2D eigenvalue weighted by Gasteiger charge is 1.87. The van der Waals surface area contributed by atoms with Crippen molar-refractivity contribution in [3.8, 4) is 11.8 Å². The van der Waals surface area contributed by atoms with Gasteiger partial charge in [0.05, 0.1) is 0 Å². The normalized spacial score (nSPS) is 9.57. The van der Waals surface area contributed by atoms with Gasteiger partial charge < -0.3 is 0 Å². The van der Waals surface area contributed by atoms with Crippen LogP contribution in [0.5, 0.6) is 0 Å². The summed E-state index contributed by atoms with van der Waals surface area (Å²) in [6, 6.07) is 0. The van der Waals surface area contributed by atoms with Gasteiger partial charge in [-0.1, -0.05) is 46.0 Å². The zero-order valence-electron chi connectivity index (χ0n) is 9.94. The van der Waals surface area contributed by atoms with Gasteiger partial charge in [-0.25, -0.2) is 0 Å². The van der Waals surface area contributed by atoms with E-state index < -0.39 is 0 Å². The average Bonchev–Trinajstić information content (AvgIpc) is 2.21. The van der Waals surface area contributed by atoms with E-state index in [2.05, 4.69) is 32.1 Å². The molecule has 0 atom stereocenters. The average molecular weight is 193 g/mol. The van der Waals surface area contributed by atoms with E-state index in [0.717, 1.165) is 12.8 Å². The maximum absolute atomic E-state index is 3.25. The molecule has 0 bridgehead atoms. The van der Waals surface area contributed by atoms with Crippen LogP contribution in [0.4, 0.5) is 0 Å². The molecule has 0 nitrogen and oxygen atoms in total. The molecule has 0 aromatic carbocycles. The van der Waals surface area contributed by atoms with Crippen molar-refractivity contribution in [1.29, 1.82) is 0 Å². The van der Waals surface area contributed by atoms with Gasteiger partial charge in [0.1, 0.15) is 0 Å². The molecule has 0 spiro atoms. The second-order valence-electron chi connectivity index (χ2n) is 3.82. The first-order valence-electron chi connectivity index (χ1n) is 6.15. The molecule has 0 amide bonds. The second kappa shape index (κ2) is 12.6. The van der Waals surface area contributed by atoms with Crippen LogP contribution in [0.25, 0.3) is 0 Å². The standard InChI is InChI=1S/C14H25/c1-3-5-7-9-11-13-14-12-10-8-6-4-2/h3H,4-9,11,13-14H2,1-2H3. The Morgan fingerprint density at radius 1 is 0.857 bits per heavy atom. The topological polar surface area (TPSA) is 0 Å². The van der Waals surface area contributed by atoms with E-state index in [1.807, 2.05) is 0 Å². The highest BCUT2D eigenvalue weighted by Crippen LogP contribution is 2.05. The smallest absolute Gasteiger partial charge is 0.00886 e. The molecule has 81 valence electrons. The molecule has 0 unspecified atom stereocenters. The van der Waals surface area contributed by atoms with E-state index in [-0.39, 0.29) is 0 Å². The van der Waals surface area contributed by atoms with Crippen molar-refractivity contribution >= 4 is 0 Å². The van der Waals surface area contributed by atoms with Gasteiger partial charge in [-0.3, -0.25) is 0 Å². The van der Waals surface area contributed by atoms with Crippen LogP contribution in [0.3, 0.4) is 0 Å². The molecule has 0 heteroatoms. The van der Waals surface area contributed by atoms with Crippen LogP contribution in [0, 0.1) is 18.3 Å². The maximum atomic E-state index is 3.25. The van der Waals surface area contributed by atoms with E-state index >= 15 is 0 Å². The molecule has 0 saturated carbocycles. The van der Waals surface area contributed by atoms with Crippen molar-refractivity contribution in [2.24, 2.45) is 0 Å². The third-order valence-corrected chi connectivity index (χ3v) is 2.32. The molecule has 1 radical (unpaired) electrons. The van der Waals surface area contributed by atoms with Crippen LogP contribution in [0.1, 0.15) is 71.6 Å². The molecule has 0 aliphatic rings. The Morgan fingerprint density at radius 3 is 2.14 bits per heavy atom. The summed E-state index contributed by atoms with van der Waals surface area (Å²) in [5.74, 6) is 6.49. The van der Waals surface area contributed by atoms with Gasteiger partial charge in [0, 0.05) is 12.8 Å². The lowest BCUT2D eigenvalue weighted by molar-refractivity contribution is 0.646. The van der Waals surface area contributed by atoms with Crippen molar-refractivity contribution < 1.29 is 0 Å². The van der Waals surface area contributed by atoms with Gasteiger partial charge in [0.2, 0.25) is 0 Å². The summed E-state index contributed by atoms with van der Waals surface area (Å²) in [6.45, 7) is 4.35. The van der Waals surface area contributed by atoms with E-state index in [1.165, 1.54) is 44.9 Å². The van der Waals surface area contributed by atoms with Crippen molar-refractivity contribution in [1.82, 2.24) is 0 Å². The Kier molecular flexibility index (Phi) is 12.2. The monoisotopic (exact) mass is 193 g/mol. The second-order valence-corrected chi connectivity index (χ2v) is 3.82. The molecule has 0 fully saturated rings. The summed E-state index contributed by atoms with van der Waals surface area (Å²) in [4.78, 5) is 0. The van der Waals surface area contributed by atoms with Gasteiger partial charge in [-0.2, -0.15) is 0 Å². The summed E-state index contributed by atoms with van der Waals surface area (Å²) in [7, 11) is 0. The minimum absolute atomic E-state index is 1.10. The predicted molar refractivity (Wildman–Crippen MR) is 65.0 cm³/mol. The molecule has 0 aliphatic heterocycles. The van der Waals surface area contributed by atoms with E-state index in [1.54, 1.807) is 0 Å². The SMILES string of the molecule is C[CH]CCCCCCC#CCCCC. The van der Waals surface area contributed by atoms with Crippen LogP contribution >= 0.6 is 0 Å². The molecule has 0 rings (SSSR count). The van der Waals surface area contributed by atoms with E-state index in [4.69, 9.17) is 0 Å². The van der Waals surface area contributed by atoms with E-state index in [9.17, 15) is 0 Å². The lowest BCUT2D eigenvalue weighted by atomic mass is 10.1. The minimum atomic E-state index is 1.10. The largest absolute Gasteiger partial charge is 0.103 e. The van der Waals surface area contributed by atoms with Gasteiger partial charge in [-0.15, -0.1) is 11.8 Å². The lowest BCUT2D eigenvalue weighted by Crippen LogP contribution is -1.78. The predicted octanol–water partition coefficient (Wildman–Crippen LogP) is 4.74. The molecule has 0 saturated heterocycles. The molecule has 0 N–H and O–H groups in total. The first kappa shape index (κ1) is 13.6. The Balaban J connectivity index is 2.99. The molecule has 0 aromatic rings.